The van der Waals surface area contributed by atoms with Crippen molar-refractivity contribution in [2.45, 2.75) is 5.00 Å². The van der Waals surface area contributed by atoms with Gasteiger partial charge in [0.15, 0.2) is 0 Å². The molecule has 0 heterocycles. The zero-order chi connectivity index (χ0) is 9.68. The second-order valence-corrected chi connectivity index (χ2v) is 5.99. The van der Waals surface area contributed by atoms with Crippen LogP contribution in [0.15, 0.2) is 43.5 Å². The van der Waals surface area contributed by atoms with Gasteiger partial charge in [-0.1, -0.05) is 48.2 Å². The van der Waals surface area contributed by atoms with Gasteiger partial charge in [-0.05, 0) is 5.56 Å². The van der Waals surface area contributed by atoms with E-state index in [1.165, 1.54) is 10.8 Å². The van der Waals surface area contributed by atoms with Crippen LogP contribution in [0.3, 0.4) is 0 Å². The minimum Gasteiger partial charge on any atom is -0.122 e. The summed E-state index contributed by atoms with van der Waals surface area (Å²) in [4.78, 5) is 0. The van der Waals surface area contributed by atoms with Crippen molar-refractivity contribution < 1.29 is 0 Å². The van der Waals surface area contributed by atoms with E-state index in [1.807, 2.05) is 24.3 Å². The average molecular weight is 209 g/mol. The van der Waals surface area contributed by atoms with Crippen LogP contribution in [0.2, 0.25) is 0 Å². The lowest BCUT2D eigenvalue weighted by atomic mass is 10.2. The van der Waals surface area contributed by atoms with Crippen LogP contribution in [0, 0.1) is 0 Å². The molecule has 0 nitrogen and oxygen atoms in total. The fourth-order valence-electron chi connectivity index (χ4n) is 1.21. The van der Waals surface area contributed by atoms with Crippen LogP contribution in [0.25, 0.3) is 6.08 Å². The molecule has 0 aromatic heterocycles. The van der Waals surface area contributed by atoms with Gasteiger partial charge < -0.3 is 0 Å². The summed E-state index contributed by atoms with van der Waals surface area (Å²) in [5.41, 5.74) is 1.21. The highest BCUT2D eigenvalue weighted by molar-refractivity contribution is 6.66. The summed E-state index contributed by atoms with van der Waals surface area (Å²) >= 11 is 6.04. The molecule has 0 saturated carbocycles. The Balaban J connectivity index is 2.86. The molecule has 0 spiro atoms. The van der Waals surface area contributed by atoms with Gasteiger partial charge >= 0.3 is 0 Å². The van der Waals surface area contributed by atoms with Crippen molar-refractivity contribution in [3.63, 3.8) is 0 Å². The monoisotopic (exact) mass is 208 g/mol. The molecule has 1 unspecified atom stereocenters. The number of allylic oxidation sites excluding steroid dienone is 1. The molecule has 2 heteroatoms. The van der Waals surface area contributed by atoms with E-state index in [2.05, 4.69) is 25.3 Å². The highest BCUT2D eigenvalue weighted by Gasteiger charge is 2.04. The molecular weight excluding hydrogens is 196 g/mol. The van der Waals surface area contributed by atoms with E-state index >= 15 is 0 Å². The molecule has 1 aromatic carbocycles. The third-order valence-corrected chi connectivity index (χ3v) is 4.39. The molecule has 0 aliphatic carbocycles. The molecule has 0 fully saturated rings. The molecule has 1 rings (SSSR count). The predicted molar refractivity (Wildman–Crippen MR) is 64.5 cm³/mol. The minimum atomic E-state index is -0.451. The van der Waals surface area contributed by atoms with Gasteiger partial charge in [-0.3, -0.25) is 0 Å². The van der Waals surface area contributed by atoms with Crippen molar-refractivity contribution in [1.29, 1.82) is 0 Å². The van der Waals surface area contributed by atoms with Crippen LogP contribution in [-0.4, -0.2) is 14.5 Å². The molecule has 0 aliphatic rings. The molecule has 68 valence electrons. The largest absolute Gasteiger partial charge is 0.122 e. The zero-order valence-corrected chi connectivity index (χ0v) is 9.71. The molecule has 0 N–H and O–H groups in total. The van der Waals surface area contributed by atoms with Gasteiger partial charge in [-0.15, -0.1) is 18.2 Å². The second-order valence-electron chi connectivity index (χ2n) is 2.86. The summed E-state index contributed by atoms with van der Waals surface area (Å²) in [6.45, 7) is 7.47. The predicted octanol–water partition coefficient (Wildman–Crippen LogP) is 1.87. The molecule has 0 bridgehead atoms. The summed E-state index contributed by atoms with van der Waals surface area (Å²) in [5.74, 6) is 0. The number of hydrogen-bond acceptors (Lipinski definition) is 0. The first-order valence-electron chi connectivity index (χ1n) is 4.25. The molecule has 1 aromatic rings. The van der Waals surface area contributed by atoms with Gasteiger partial charge in [0.05, 0.1) is 9.52 Å². The van der Waals surface area contributed by atoms with Crippen LogP contribution in [0.5, 0.6) is 0 Å². The van der Waals surface area contributed by atoms with Crippen molar-refractivity contribution in [2.24, 2.45) is 0 Å². The Morgan fingerprint density at radius 2 is 2.00 bits per heavy atom. The average Bonchev–Trinajstić information content (AvgIpc) is 2.18. The third-order valence-electron chi connectivity index (χ3n) is 1.95. The maximum atomic E-state index is 6.04. The Hall–Kier alpha value is -0.793. The smallest absolute Gasteiger partial charge is 0.0808 e. The van der Waals surface area contributed by atoms with Gasteiger partial charge in [-0.2, -0.15) is 0 Å². The number of alkyl halides is 1. The van der Waals surface area contributed by atoms with Crippen LogP contribution < -0.4 is 5.19 Å². The van der Waals surface area contributed by atoms with Crippen LogP contribution >= 0.6 is 11.6 Å². The summed E-state index contributed by atoms with van der Waals surface area (Å²) in [6.07, 6.45) is 3.70. The Bertz CT molecular complexity index is 307. The molecule has 13 heavy (non-hydrogen) atoms. The standard InChI is InChI=1S/C11H13ClSi/c1-3-9-7-5-6-8-10(9)13-11(12)4-2/h3-8,11H,1-2,13H2. The lowest BCUT2D eigenvalue weighted by molar-refractivity contribution is 1.59. The summed E-state index contributed by atoms with van der Waals surface area (Å²) < 4.78 is 0. The maximum Gasteiger partial charge on any atom is 0.0808 e. The summed E-state index contributed by atoms with van der Waals surface area (Å²) in [7, 11) is -0.451. The third kappa shape index (κ3) is 2.87. The van der Waals surface area contributed by atoms with Crippen molar-refractivity contribution in [2.75, 3.05) is 0 Å². The van der Waals surface area contributed by atoms with Gasteiger partial charge in [0, 0.05) is 5.00 Å². The Kier molecular flexibility index (Phi) is 4.00. The molecule has 0 amide bonds. The lowest BCUT2D eigenvalue weighted by Crippen LogP contribution is -2.24. The number of benzene rings is 1. The number of halogens is 1. The quantitative estimate of drug-likeness (QED) is 0.403. The van der Waals surface area contributed by atoms with Gasteiger partial charge in [0.25, 0.3) is 0 Å². The van der Waals surface area contributed by atoms with Gasteiger partial charge in [0.1, 0.15) is 0 Å². The Labute approximate surface area is 86.8 Å². The highest BCUT2D eigenvalue weighted by atomic mass is 35.5. The Morgan fingerprint density at radius 3 is 2.62 bits per heavy atom. The molecule has 1 atom stereocenters. The van der Waals surface area contributed by atoms with E-state index in [9.17, 15) is 0 Å². The van der Waals surface area contributed by atoms with E-state index < -0.39 is 9.52 Å². The lowest BCUT2D eigenvalue weighted by Gasteiger charge is -2.06. The zero-order valence-electron chi connectivity index (χ0n) is 7.54. The topological polar surface area (TPSA) is 0 Å². The van der Waals surface area contributed by atoms with Crippen LogP contribution in [0.1, 0.15) is 5.56 Å². The van der Waals surface area contributed by atoms with Crippen molar-refractivity contribution >= 4 is 32.4 Å². The van der Waals surface area contributed by atoms with Crippen molar-refractivity contribution in [3.05, 3.63) is 49.1 Å². The fraction of sp³-hybridized carbons (Fsp3) is 0.0909. The van der Waals surface area contributed by atoms with Gasteiger partial charge in [-0.25, -0.2) is 0 Å². The normalized spacial score (nSPS) is 13.0. The fourth-order valence-corrected chi connectivity index (χ4v) is 3.07. The van der Waals surface area contributed by atoms with E-state index in [4.69, 9.17) is 11.6 Å². The summed E-state index contributed by atoms with van der Waals surface area (Å²) in [5, 5.41) is 1.50. The summed E-state index contributed by atoms with van der Waals surface area (Å²) in [6, 6.07) is 8.26. The molecular formula is C11H13ClSi. The van der Waals surface area contributed by atoms with Crippen LogP contribution in [0.4, 0.5) is 0 Å². The van der Waals surface area contributed by atoms with E-state index in [0.29, 0.717) is 0 Å². The number of rotatable bonds is 4. The first-order valence-corrected chi connectivity index (χ1v) is 6.21. The molecule has 0 radical (unpaired) electrons. The highest BCUT2D eigenvalue weighted by Crippen LogP contribution is 2.00. The van der Waals surface area contributed by atoms with E-state index in [0.717, 1.165) is 0 Å². The SMILES string of the molecule is C=Cc1ccccc1[SiH2]C(Cl)C=C. The number of hydrogen-bond donors (Lipinski definition) is 0. The van der Waals surface area contributed by atoms with E-state index in [1.54, 1.807) is 0 Å². The minimum absolute atomic E-state index is 0.140. The Morgan fingerprint density at radius 1 is 1.31 bits per heavy atom. The van der Waals surface area contributed by atoms with Crippen molar-refractivity contribution in [1.82, 2.24) is 0 Å². The first kappa shape index (κ1) is 10.3. The van der Waals surface area contributed by atoms with Crippen LogP contribution in [-0.2, 0) is 0 Å². The molecule has 0 aliphatic heterocycles. The van der Waals surface area contributed by atoms with E-state index in [-0.39, 0.29) is 5.00 Å². The molecule has 0 saturated heterocycles. The van der Waals surface area contributed by atoms with Crippen molar-refractivity contribution in [3.8, 4) is 0 Å². The maximum absolute atomic E-state index is 6.04. The van der Waals surface area contributed by atoms with Gasteiger partial charge in [0.2, 0.25) is 0 Å². The second kappa shape index (κ2) is 5.05. The first-order chi connectivity index (χ1) is 6.27.